The van der Waals surface area contributed by atoms with Crippen molar-refractivity contribution in [1.82, 2.24) is 5.43 Å². The first-order valence-corrected chi connectivity index (χ1v) is 10.8. The lowest BCUT2D eigenvalue weighted by Crippen LogP contribution is -2.17. The molecule has 9 heteroatoms. The monoisotopic (exact) mass is 488 g/mol. The first-order chi connectivity index (χ1) is 14.4. The van der Waals surface area contributed by atoms with Gasteiger partial charge in [-0.05, 0) is 72.3 Å². The summed E-state index contributed by atoms with van der Waals surface area (Å²) in [7, 11) is -2.47. The topological polar surface area (TPSA) is 94.1 Å². The zero-order valence-electron chi connectivity index (χ0n) is 15.8. The second-order valence-corrected chi connectivity index (χ2v) is 8.45. The average molecular weight is 489 g/mol. The smallest absolute Gasteiger partial charge is 0.339 e. The van der Waals surface area contributed by atoms with Gasteiger partial charge in [0.1, 0.15) is 16.4 Å². The lowest BCUT2D eigenvalue weighted by molar-refractivity contribution is 0.0955. The van der Waals surface area contributed by atoms with Gasteiger partial charge in [-0.1, -0.05) is 22.0 Å². The van der Waals surface area contributed by atoms with Crippen molar-refractivity contribution in [3.63, 3.8) is 0 Å². The number of hydrazone groups is 1. The van der Waals surface area contributed by atoms with Crippen molar-refractivity contribution in [3.05, 3.63) is 88.4 Å². The standard InChI is InChI=1S/C21H17BrN2O5S/c1-28-18-9-11-20(12-10-18)30(26,27)29-19-7-5-15(6-8-19)14-23-24-21(25)16-3-2-4-17(22)13-16/h2-14H,1H3,(H,24,25)/b23-14-. The number of carbonyl (C=O) groups excluding carboxylic acids is 1. The summed E-state index contributed by atoms with van der Waals surface area (Å²) in [4.78, 5) is 12.1. The van der Waals surface area contributed by atoms with E-state index in [1.54, 1.807) is 30.3 Å². The van der Waals surface area contributed by atoms with E-state index in [1.807, 2.05) is 6.07 Å². The summed E-state index contributed by atoms with van der Waals surface area (Å²) in [5, 5.41) is 3.90. The van der Waals surface area contributed by atoms with E-state index in [0.717, 1.165) is 4.47 Å². The van der Waals surface area contributed by atoms with Gasteiger partial charge in [0.05, 0.1) is 13.3 Å². The van der Waals surface area contributed by atoms with Gasteiger partial charge in [-0.15, -0.1) is 0 Å². The van der Waals surface area contributed by atoms with Crippen molar-refractivity contribution in [2.75, 3.05) is 7.11 Å². The molecule has 1 N–H and O–H groups in total. The summed E-state index contributed by atoms with van der Waals surface area (Å²) in [6.45, 7) is 0. The number of rotatable bonds is 7. The summed E-state index contributed by atoms with van der Waals surface area (Å²) in [6, 6.07) is 19.0. The third-order valence-electron chi connectivity index (χ3n) is 3.90. The molecule has 0 spiro atoms. The Hall–Kier alpha value is -3.17. The molecule has 0 aliphatic rings. The molecule has 0 radical (unpaired) electrons. The van der Waals surface area contributed by atoms with Gasteiger partial charge < -0.3 is 8.92 Å². The zero-order valence-corrected chi connectivity index (χ0v) is 18.2. The molecule has 0 aliphatic carbocycles. The highest BCUT2D eigenvalue weighted by atomic mass is 79.9. The molecule has 0 bridgehead atoms. The van der Waals surface area contributed by atoms with Crippen molar-refractivity contribution in [1.29, 1.82) is 0 Å². The minimum absolute atomic E-state index is 0.0178. The number of carbonyl (C=O) groups is 1. The number of hydrogen-bond acceptors (Lipinski definition) is 6. The molecule has 0 heterocycles. The van der Waals surface area contributed by atoms with E-state index in [9.17, 15) is 13.2 Å². The first kappa shape index (κ1) is 21.5. The summed E-state index contributed by atoms with van der Waals surface area (Å²) >= 11 is 3.31. The van der Waals surface area contributed by atoms with E-state index >= 15 is 0 Å². The lowest BCUT2D eigenvalue weighted by Gasteiger charge is -2.08. The Morgan fingerprint density at radius 2 is 1.67 bits per heavy atom. The van der Waals surface area contributed by atoms with Crippen molar-refractivity contribution in [2.45, 2.75) is 4.90 Å². The minimum atomic E-state index is -3.96. The number of nitrogens with one attached hydrogen (secondary N) is 1. The fourth-order valence-corrected chi connectivity index (χ4v) is 3.72. The molecule has 0 aromatic heterocycles. The normalized spacial score (nSPS) is 11.3. The molecular weight excluding hydrogens is 472 g/mol. The van der Waals surface area contributed by atoms with Crippen LogP contribution in [-0.2, 0) is 10.1 Å². The van der Waals surface area contributed by atoms with Crippen LogP contribution < -0.4 is 14.3 Å². The van der Waals surface area contributed by atoms with Gasteiger partial charge in [0.25, 0.3) is 5.91 Å². The van der Waals surface area contributed by atoms with Gasteiger partial charge in [-0.3, -0.25) is 4.79 Å². The minimum Gasteiger partial charge on any atom is -0.497 e. The van der Waals surface area contributed by atoms with Gasteiger partial charge in [0, 0.05) is 10.0 Å². The van der Waals surface area contributed by atoms with E-state index in [1.165, 1.54) is 49.7 Å². The van der Waals surface area contributed by atoms with Crippen molar-refractivity contribution >= 4 is 38.2 Å². The maximum atomic E-state index is 12.4. The fraction of sp³-hybridized carbons (Fsp3) is 0.0476. The van der Waals surface area contributed by atoms with Crippen molar-refractivity contribution in [3.8, 4) is 11.5 Å². The molecule has 3 aromatic rings. The molecule has 3 rings (SSSR count). The number of amides is 1. The number of hydrogen-bond donors (Lipinski definition) is 1. The van der Waals surface area contributed by atoms with E-state index in [2.05, 4.69) is 26.5 Å². The molecule has 0 saturated heterocycles. The zero-order chi connectivity index (χ0) is 21.6. The lowest BCUT2D eigenvalue weighted by atomic mass is 10.2. The molecule has 1 amide bonds. The third kappa shape index (κ3) is 5.68. The highest BCUT2D eigenvalue weighted by Gasteiger charge is 2.16. The van der Waals surface area contributed by atoms with E-state index < -0.39 is 10.1 Å². The van der Waals surface area contributed by atoms with Crippen LogP contribution in [0.15, 0.2) is 87.3 Å². The van der Waals surface area contributed by atoms with Gasteiger partial charge in [0.15, 0.2) is 0 Å². The van der Waals surface area contributed by atoms with Crippen molar-refractivity contribution in [2.24, 2.45) is 5.10 Å². The molecule has 0 fully saturated rings. The summed E-state index contributed by atoms with van der Waals surface area (Å²) in [5.74, 6) is 0.351. The van der Waals surface area contributed by atoms with Crippen LogP contribution in [0, 0.1) is 0 Å². The van der Waals surface area contributed by atoms with Gasteiger partial charge in [-0.25, -0.2) is 5.43 Å². The number of ether oxygens (including phenoxy) is 1. The van der Waals surface area contributed by atoms with E-state index in [0.29, 0.717) is 16.9 Å². The van der Waals surface area contributed by atoms with Crippen LogP contribution in [0.4, 0.5) is 0 Å². The van der Waals surface area contributed by atoms with Crippen LogP contribution in [0.1, 0.15) is 15.9 Å². The van der Waals surface area contributed by atoms with E-state index in [4.69, 9.17) is 8.92 Å². The van der Waals surface area contributed by atoms with Gasteiger partial charge >= 0.3 is 10.1 Å². The van der Waals surface area contributed by atoms with Crippen LogP contribution in [0.2, 0.25) is 0 Å². The molecule has 0 atom stereocenters. The quantitative estimate of drug-likeness (QED) is 0.308. The van der Waals surface area contributed by atoms with Crippen LogP contribution in [0.25, 0.3) is 0 Å². The maximum Gasteiger partial charge on any atom is 0.339 e. The third-order valence-corrected chi connectivity index (χ3v) is 5.66. The van der Waals surface area contributed by atoms with Crippen LogP contribution >= 0.6 is 15.9 Å². The highest BCUT2D eigenvalue weighted by molar-refractivity contribution is 9.10. The number of halogens is 1. The Morgan fingerprint density at radius 1 is 1.00 bits per heavy atom. The Bertz CT molecular complexity index is 1160. The Labute approximate surface area is 182 Å². The highest BCUT2D eigenvalue weighted by Crippen LogP contribution is 2.21. The Kier molecular flexibility index (Phi) is 6.86. The largest absolute Gasteiger partial charge is 0.497 e. The fourth-order valence-electron chi connectivity index (χ4n) is 2.39. The molecular formula is C21H17BrN2O5S. The number of methoxy groups -OCH3 is 1. The van der Waals surface area contributed by atoms with Crippen LogP contribution in [0.3, 0.4) is 0 Å². The Morgan fingerprint density at radius 3 is 2.30 bits per heavy atom. The second kappa shape index (κ2) is 9.55. The average Bonchev–Trinajstić information content (AvgIpc) is 2.74. The van der Waals surface area contributed by atoms with Crippen LogP contribution in [0.5, 0.6) is 11.5 Å². The molecule has 0 aliphatic heterocycles. The molecule has 30 heavy (non-hydrogen) atoms. The summed E-state index contributed by atoms with van der Waals surface area (Å²) in [5.41, 5.74) is 3.55. The predicted octanol–water partition coefficient (Wildman–Crippen LogP) is 3.99. The predicted molar refractivity (Wildman–Crippen MR) is 116 cm³/mol. The van der Waals surface area contributed by atoms with Gasteiger partial charge in [-0.2, -0.15) is 13.5 Å². The molecule has 3 aromatic carbocycles. The van der Waals surface area contributed by atoms with E-state index in [-0.39, 0.29) is 16.6 Å². The molecule has 7 nitrogen and oxygen atoms in total. The van der Waals surface area contributed by atoms with Crippen LogP contribution in [-0.4, -0.2) is 27.6 Å². The molecule has 154 valence electrons. The SMILES string of the molecule is COc1ccc(S(=O)(=O)Oc2ccc(/C=N\NC(=O)c3cccc(Br)c3)cc2)cc1. The number of nitrogens with zero attached hydrogens (tertiary/aromatic N) is 1. The number of benzene rings is 3. The van der Waals surface area contributed by atoms with Crippen molar-refractivity contribution < 1.29 is 22.1 Å². The molecule has 0 saturated carbocycles. The first-order valence-electron chi connectivity index (χ1n) is 8.65. The second-order valence-electron chi connectivity index (χ2n) is 5.99. The van der Waals surface area contributed by atoms with Gasteiger partial charge in [0.2, 0.25) is 0 Å². The maximum absolute atomic E-state index is 12.4. The summed E-state index contributed by atoms with van der Waals surface area (Å²) < 4.78 is 35.6. The molecule has 0 unspecified atom stereocenters. The summed E-state index contributed by atoms with van der Waals surface area (Å²) in [6.07, 6.45) is 1.44. The Balaban J connectivity index is 1.61.